The zero-order valence-corrected chi connectivity index (χ0v) is 13.1. The molecule has 1 saturated heterocycles. The van der Waals surface area contributed by atoms with Gasteiger partial charge in [-0.1, -0.05) is 18.2 Å². The molecule has 1 aromatic carbocycles. The van der Waals surface area contributed by atoms with E-state index in [-0.39, 0.29) is 6.54 Å². The fraction of sp³-hybridized carbons (Fsp3) is 0.533. The van der Waals surface area contributed by atoms with Crippen LogP contribution in [0.4, 0.5) is 5.69 Å². The number of hydrogen-bond acceptors (Lipinski definition) is 4. The number of nitrogens with zero attached hydrogens (tertiary/aromatic N) is 2. The molecular weight excluding hydrogens is 304 g/mol. The van der Waals surface area contributed by atoms with Gasteiger partial charge in [-0.25, -0.2) is 8.42 Å². The van der Waals surface area contributed by atoms with Crippen molar-refractivity contribution in [1.29, 1.82) is 0 Å². The normalized spacial score (nSPS) is 21.8. The molecule has 7 heteroatoms. The zero-order chi connectivity index (χ0) is 15.7. The van der Waals surface area contributed by atoms with Crippen LogP contribution in [0.2, 0.25) is 0 Å². The zero-order valence-electron chi connectivity index (χ0n) is 12.3. The lowest BCUT2D eigenvalue weighted by Gasteiger charge is -2.34. The molecule has 1 fully saturated rings. The summed E-state index contributed by atoms with van der Waals surface area (Å²) in [5, 5.41) is 8.37. The first kappa shape index (κ1) is 15.3. The maximum atomic E-state index is 12.9. The number of rotatable bonds is 3. The Morgan fingerprint density at radius 1 is 1.27 bits per heavy atom. The topological polar surface area (TPSA) is 77.9 Å². The standard InChI is InChI=1S/C15H20N2O4S/c18-11-15(19)16-8-3-5-13(10-16)22(20,21)17-9-7-12-4-1-2-6-14(12)17/h1-2,4,6,13,18H,3,5,7-11H2. The van der Waals surface area contributed by atoms with E-state index in [0.717, 1.165) is 17.7 Å². The van der Waals surface area contributed by atoms with Crippen LogP contribution >= 0.6 is 0 Å². The maximum absolute atomic E-state index is 12.9. The molecule has 0 aromatic heterocycles. The highest BCUT2D eigenvalue weighted by molar-refractivity contribution is 7.93. The third-order valence-electron chi connectivity index (χ3n) is 4.44. The van der Waals surface area contributed by atoms with Gasteiger partial charge in [-0.3, -0.25) is 9.10 Å². The van der Waals surface area contributed by atoms with Gasteiger partial charge in [-0.2, -0.15) is 0 Å². The first-order valence-electron chi connectivity index (χ1n) is 7.52. The van der Waals surface area contributed by atoms with Crippen molar-refractivity contribution in [3.63, 3.8) is 0 Å². The monoisotopic (exact) mass is 324 g/mol. The molecule has 2 aliphatic heterocycles. The summed E-state index contributed by atoms with van der Waals surface area (Å²) in [6, 6.07) is 7.54. The second-order valence-corrected chi connectivity index (χ2v) is 7.90. The second kappa shape index (κ2) is 5.89. The van der Waals surface area contributed by atoms with Crippen LogP contribution in [0.25, 0.3) is 0 Å². The van der Waals surface area contributed by atoms with Gasteiger partial charge in [0.15, 0.2) is 0 Å². The fourth-order valence-corrected chi connectivity index (χ4v) is 5.25. The van der Waals surface area contributed by atoms with E-state index >= 15 is 0 Å². The van der Waals surface area contributed by atoms with E-state index in [2.05, 4.69) is 0 Å². The lowest BCUT2D eigenvalue weighted by molar-refractivity contribution is -0.134. The van der Waals surface area contributed by atoms with Crippen LogP contribution in [-0.4, -0.2) is 55.8 Å². The van der Waals surface area contributed by atoms with E-state index < -0.39 is 27.8 Å². The maximum Gasteiger partial charge on any atom is 0.248 e. The first-order valence-corrected chi connectivity index (χ1v) is 9.02. The number of aliphatic hydroxyl groups excluding tert-OH is 1. The molecule has 0 bridgehead atoms. The van der Waals surface area contributed by atoms with Crippen LogP contribution in [0.3, 0.4) is 0 Å². The second-order valence-electron chi connectivity index (χ2n) is 5.76. The number of amides is 1. The smallest absolute Gasteiger partial charge is 0.248 e. The van der Waals surface area contributed by atoms with Gasteiger partial charge in [0, 0.05) is 19.6 Å². The molecule has 22 heavy (non-hydrogen) atoms. The van der Waals surface area contributed by atoms with Gasteiger partial charge >= 0.3 is 0 Å². The van der Waals surface area contributed by atoms with E-state index in [1.807, 2.05) is 24.3 Å². The molecule has 120 valence electrons. The number of sulfonamides is 1. The predicted molar refractivity (Wildman–Crippen MR) is 83.1 cm³/mol. The van der Waals surface area contributed by atoms with E-state index in [1.54, 1.807) is 0 Å². The molecule has 0 radical (unpaired) electrons. The number of hydrogen-bond donors (Lipinski definition) is 1. The van der Waals surface area contributed by atoms with Crippen LogP contribution in [0.15, 0.2) is 24.3 Å². The predicted octanol–water partition coefficient (Wildman–Crippen LogP) is 0.362. The number of likely N-dealkylation sites (tertiary alicyclic amines) is 1. The number of benzene rings is 1. The van der Waals surface area contributed by atoms with Gasteiger partial charge in [0.1, 0.15) is 6.61 Å². The van der Waals surface area contributed by atoms with Crippen molar-refractivity contribution in [1.82, 2.24) is 4.90 Å². The van der Waals surface area contributed by atoms with Crippen molar-refractivity contribution in [2.75, 3.05) is 30.5 Å². The Morgan fingerprint density at radius 3 is 2.82 bits per heavy atom. The van der Waals surface area contributed by atoms with Crippen LogP contribution < -0.4 is 4.31 Å². The Bertz CT molecular complexity index is 674. The number of carbonyl (C=O) groups is 1. The highest BCUT2D eigenvalue weighted by Crippen LogP contribution is 2.33. The van der Waals surface area contributed by atoms with E-state index in [4.69, 9.17) is 5.11 Å². The molecule has 1 unspecified atom stereocenters. The SMILES string of the molecule is O=C(CO)N1CCCC(S(=O)(=O)N2CCc3ccccc32)C1. The Morgan fingerprint density at radius 2 is 2.05 bits per heavy atom. The molecule has 1 N–H and O–H groups in total. The molecule has 2 heterocycles. The Labute approximate surface area is 130 Å². The molecule has 2 aliphatic rings. The molecule has 1 aromatic rings. The summed E-state index contributed by atoms with van der Waals surface area (Å²) in [4.78, 5) is 13.1. The molecule has 1 amide bonds. The van der Waals surface area contributed by atoms with Crippen molar-refractivity contribution in [2.45, 2.75) is 24.5 Å². The van der Waals surface area contributed by atoms with Crippen molar-refractivity contribution in [3.05, 3.63) is 29.8 Å². The largest absolute Gasteiger partial charge is 0.387 e. The highest BCUT2D eigenvalue weighted by atomic mass is 32.2. The number of aliphatic hydroxyl groups is 1. The van der Waals surface area contributed by atoms with Gasteiger partial charge in [-0.15, -0.1) is 0 Å². The number of para-hydroxylation sites is 1. The van der Waals surface area contributed by atoms with Gasteiger partial charge in [0.05, 0.1) is 10.9 Å². The average Bonchev–Trinajstić information content (AvgIpc) is 2.99. The minimum absolute atomic E-state index is 0.167. The number of piperidine rings is 1. The minimum atomic E-state index is -3.49. The number of fused-ring (bicyclic) bond motifs is 1. The molecule has 3 rings (SSSR count). The van der Waals surface area contributed by atoms with Crippen molar-refractivity contribution in [3.8, 4) is 0 Å². The fourth-order valence-electron chi connectivity index (χ4n) is 3.26. The average molecular weight is 324 g/mol. The summed E-state index contributed by atoms with van der Waals surface area (Å²) in [5.41, 5.74) is 1.80. The third kappa shape index (κ3) is 2.59. The lowest BCUT2D eigenvalue weighted by atomic mass is 10.1. The van der Waals surface area contributed by atoms with E-state index in [1.165, 1.54) is 9.21 Å². The first-order chi connectivity index (χ1) is 10.5. The van der Waals surface area contributed by atoms with Gasteiger partial charge in [0.25, 0.3) is 0 Å². The summed E-state index contributed by atoms with van der Waals surface area (Å²) < 4.78 is 27.4. The molecule has 1 atom stereocenters. The highest BCUT2D eigenvalue weighted by Gasteiger charge is 2.38. The molecule has 0 saturated carbocycles. The molecule has 0 spiro atoms. The minimum Gasteiger partial charge on any atom is -0.387 e. The Kier molecular flexibility index (Phi) is 4.10. The van der Waals surface area contributed by atoms with E-state index in [9.17, 15) is 13.2 Å². The van der Waals surface area contributed by atoms with Crippen molar-refractivity contribution >= 4 is 21.6 Å². The van der Waals surface area contributed by atoms with Crippen molar-refractivity contribution < 1.29 is 18.3 Å². The summed E-state index contributed by atoms with van der Waals surface area (Å²) in [5.74, 6) is -0.401. The van der Waals surface area contributed by atoms with Gasteiger partial charge in [0.2, 0.25) is 15.9 Å². The third-order valence-corrected chi connectivity index (χ3v) is 6.66. The van der Waals surface area contributed by atoms with Gasteiger partial charge < -0.3 is 10.0 Å². The summed E-state index contributed by atoms with van der Waals surface area (Å²) in [6.07, 6.45) is 1.92. The van der Waals surface area contributed by atoms with Crippen LogP contribution in [0, 0.1) is 0 Å². The molecule has 6 nitrogen and oxygen atoms in total. The quantitative estimate of drug-likeness (QED) is 0.871. The Hall–Kier alpha value is -1.60. The van der Waals surface area contributed by atoms with E-state index in [0.29, 0.717) is 25.9 Å². The van der Waals surface area contributed by atoms with Crippen LogP contribution in [-0.2, 0) is 21.2 Å². The van der Waals surface area contributed by atoms with Crippen LogP contribution in [0.5, 0.6) is 0 Å². The summed E-state index contributed by atoms with van der Waals surface area (Å²) in [7, 11) is -3.49. The lowest BCUT2D eigenvalue weighted by Crippen LogP contribution is -2.50. The molecule has 0 aliphatic carbocycles. The molecular formula is C15H20N2O4S. The summed E-state index contributed by atoms with van der Waals surface area (Å²) >= 11 is 0. The Balaban J connectivity index is 1.83. The van der Waals surface area contributed by atoms with Gasteiger partial charge in [-0.05, 0) is 30.9 Å². The van der Waals surface area contributed by atoms with Crippen LogP contribution in [0.1, 0.15) is 18.4 Å². The van der Waals surface area contributed by atoms with Crippen molar-refractivity contribution in [2.24, 2.45) is 0 Å². The number of carbonyl (C=O) groups excluding carboxylic acids is 1. The number of anilines is 1. The summed E-state index contributed by atoms with van der Waals surface area (Å²) in [6.45, 7) is 0.577.